The van der Waals surface area contributed by atoms with Crippen LogP contribution in [-0.2, 0) is 16.0 Å². The highest BCUT2D eigenvalue weighted by Gasteiger charge is 2.23. The minimum absolute atomic E-state index is 0.156. The normalized spacial score (nSPS) is 10.6. The highest BCUT2D eigenvalue weighted by molar-refractivity contribution is 6.28. The van der Waals surface area contributed by atoms with Crippen LogP contribution in [0.3, 0.4) is 0 Å². The van der Waals surface area contributed by atoms with E-state index >= 15 is 0 Å². The van der Waals surface area contributed by atoms with Gasteiger partial charge in [-0.05, 0) is 36.4 Å². The molecule has 0 unspecified atom stereocenters. The van der Waals surface area contributed by atoms with Crippen molar-refractivity contribution in [3.63, 3.8) is 0 Å². The molecule has 0 atom stereocenters. The molecule has 4 aromatic rings. The van der Waals surface area contributed by atoms with Crippen molar-refractivity contribution in [2.75, 3.05) is 0 Å². The van der Waals surface area contributed by atoms with E-state index in [9.17, 15) is 14.4 Å². The average Bonchev–Trinajstić information content (AvgIpc) is 3.22. The number of carbonyl (C=O) groups excluding carboxylic acids is 2. The van der Waals surface area contributed by atoms with Gasteiger partial charge < -0.3 is 4.42 Å². The highest BCUT2D eigenvalue weighted by Crippen LogP contribution is 2.18. The van der Waals surface area contributed by atoms with Crippen molar-refractivity contribution in [3.05, 3.63) is 94.8 Å². The molecule has 0 bridgehead atoms. The molecule has 136 valence electrons. The Morgan fingerprint density at radius 1 is 1.00 bits per heavy atom. The van der Waals surface area contributed by atoms with Crippen LogP contribution >= 0.6 is 0 Å². The number of para-hydroxylation sites is 3. The third-order valence-corrected chi connectivity index (χ3v) is 4.31. The van der Waals surface area contributed by atoms with Crippen molar-refractivity contribution in [2.24, 2.45) is 0 Å². The largest absolute Gasteiger partial charge is 0.469 e. The van der Waals surface area contributed by atoms with Crippen LogP contribution in [0.15, 0.2) is 82.2 Å². The number of fused-ring (bicyclic) bond motifs is 1. The van der Waals surface area contributed by atoms with Gasteiger partial charge >= 0.3 is 0 Å². The first kappa shape index (κ1) is 17.4. The summed E-state index contributed by atoms with van der Waals surface area (Å²) in [5, 5.41) is 0. The van der Waals surface area contributed by atoms with Crippen LogP contribution in [0, 0.1) is 0 Å². The number of hydrogen-bond acceptors (Lipinski definition) is 5. The first-order valence-electron chi connectivity index (χ1n) is 8.57. The molecule has 4 rings (SSSR count). The van der Waals surface area contributed by atoms with E-state index in [0.717, 1.165) is 0 Å². The van der Waals surface area contributed by atoms with Crippen molar-refractivity contribution >= 4 is 28.3 Å². The lowest BCUT2D eigenvalue weighted by molar-refractivity contribution is -0.113. The van der Waals surface area contributed by atoms with Gasteiger partial charge in [0.1, 0.15) is 17.3 Å². The van der Waals surface area contributed by atoms with Crippen LogP contribution < -0.4 is 5.56 Å². The second-order valence-electron chi connectivity index (χ2n) is 6.08. The van der Waals surface area contributed by atoms with E-state index in [-0.39, 0.29) is 12.1 Å². The zero-order valence-electron chi connectivity index (χ0n) is 14.7. The number of rotatable bonds is 5. The maximum absolute atomic E-state index is 13.2. The molecule has 0 N–H and O–H groups in total. The highest BCUT2D eigenvalue weighted by atomic mass is 16.3. The fourth-order valence-corrected chi connectivity index (χ4v) is 3.02. The number of carbonyl (C=O) groups is 1. The smallest absolute Gasteiger partial charge is 0.283 e. The molecule has 6 heteroatoms. The predicted octanol–water partition coefficient (Wildman–Crippen LogP) is 3.01. The van der Waals surface area contributed by atoms with Gasteiger partial charge in [0, 0.05) is 5.69 Å². The summed E-state index contributed by atoms with van der Waals surface area (Å²) in [4.78, 5) is 41.8. The van der Waals surface area contributed by atoms with Crippen molar-refractivity contribution in [2.45, 2.75) is 6.42 Å². The van der Waals surface area contributed by atoms with E-state index in [4.69, 9.17) is 4.42 Å². The summed E-state index contributed by atoms with van der Waals surface area (Å²) >= 11 is 0. The lowest BCUT2D eigenvalue weighted by atomic mass is 10.1. The average molecular weight is 370 g/mol. The summed E-state index contributed by atoms with van der Waals surface area (Å²) in [5.74, 6) is 1.43. The standard InChI is InChI=1S/C22H14N2O4/c25-14-17(20(26)13-16-9-6-12-28-16)21-22(27)24(15-7-2-1-3-8-15)19-11-5-4-10-18(19)23-21/h1-12H,13H2. The molecule has 0 aliphatic carbocycles. The van der Waals surface area contributed by atoms with Crippen LogP contribution in [0.2, 0.25) is 0 Å². The number of aromatic nitrogens is 2. The van der Waals surface area contributed by atoms with E-state index < -0.39 is 16.9 Å². The topological polar surface area (TPSA) is 82.2 Å². The molecule has 6 nitrogen and oxygen atoms in total. The molecule has 0 spiro atoms. The van der Waals surface area contributed by atoms with E-state index in [1.165, 1.54) is 10.8 Å². The van der Waals surface area contributed by atoms with Crippen molar-refractivity contribution in [1.82, 2.24) is 9.55 Å². The molecule has 0 saturated heterocycles. The Morgan fingerprint density at radius 3 is 2.46 bits per heavy atom. The maximum atomic E-state index is 13.2. The quantitative estimate of drug-likeness (QED) is 0.398. The number of nitrogens with zero attached hydrogens (tertiary/aromatic N) is 2. The molecule has 0 aliphatic rings. The molecule has 0 saturated carbocycles. The summed E-state index contributed by atoms with van der Waals surface area (Å²) in [7, 11) is 0. The minimum atomic E-state index is -0.579. The van der Waals surface area contributed by atoms with Crippen molar-refractivity contribution < 1.29 is 14.0 Å². The SMILES string of the molecule is O=C=C(C(=O)Cc1ccco1)c1nc2ccccc2n(-c2ccccc2)c1=O. The van der Waals surface area contributed by atoms with Gasteiger partial charge in [-0.15, -0.1) is 0 Å². The first-order valence-corrected chi connectivity index (χ1v) is 8.57. The van der Waals surface area contributed by atoms with Gasteiger partial charge in [-0.3, -0.25) is 14.2 Å². The van der Waals surface area contributed by atoms with Crippen LogP contribution in [0.25, 0.3) is 22.3 Å². The molecule has 2 aromatic heterocycles. The zero-order valence-corrected chi connectivity index (χ0v) is 14.7. The molecular formula is C22H14N2O4. The predicted molar refractivity (Wildman–Crippen MR) is 104 cm³/mol. The summed E-state index contributed by atoms with van der Waals surface area (Å²) in [6.07, 6.45) is 1.28. The maximum Gasteiger partial charge on any atom is 0.283 e. The third-order valence-electron chi connectivity index (χ3n) is 4.31. The molecule has 28 heavy (non-hydrogen) atoms. The Bertz CT molecular complexity index is 1270. The fraction of sp³-hybridized carbons (Fsp3) is 0.0455. The number of ketones is 1. The monoisotopic (exact) mass is 370 g/mol. The number of allylic oxidation sites excluding steroid dienone is 1. The van der Waals surface area contributed by atoms with Gasteiger partial charge in [-0.1, -0.05) is 30.3 Å². The van der Waals surface area contributed by atoms with Gasteiger partial charge in [-0.25, -0.2) is 9.78 Å². The van der Waals surface area contributed by atoms with E-state index in [2.05, 4.69) is 4.98 Å². The number of furan rings is 1. The Hall–Kier alpha value is -4.02. The lowest BCUT2D eigenvalue weighted by Crippen LogP contribution is -2.26. The second-order valence-corrected chi connectivity index (χ2v) is 6.08. The van der Waals surface area contributed by atoms with Crippen LogP contribution in [0.1, 0.15) is 11.5 Å². The summed E-state index contributed by atoms with van der Waals surface area (Å²) in [6, 6.07) is 19.3. The molecular weight excluding hydrogens is 356 g/mol. The lowest BCUT2D eigenvalue weighted by Gasteiger charge is -2.12. The summed E-state index contributed by atoms with van der Waals surface area (Å²) < 4.78 is 6.60. The van der Waals surface area contributed by atoms with Gasteiger partial charge in [0.2, 0.25) is 0 Å². The van der Waals surface area contributed by atoms with Crippen molar-refractivity contribution in [1.29, 1.82) is 0 Å². The first-order chi connectivity index (χ1) is 13.7. The summed E-state index contributed by atoms with van der Waals surface area (Å²) in [6.45, 7) is 0. The molecule has 0 radical (unpaired) electrons. The molecule has 0 aliphatic heterocycles. The van der Waals surface area contributed by atoms with Crippen molar-refractivity contribution in [3.8, 4) is 5.69 Å². The Balaban J connectivity index is 1.92. The second kappa shape index (κ2) is 7.31. The van der Waals surface area contributed by atoms with Gasteiger partial charge in [0.25, 0.3) is 5.56 Å². The van der Waals surface area contributed by atoms with Crippen LogP contribution in [-0.4, -0.2) is 21.3 Å². The van der Waals surface area contributed by atoms with Crippen LogP contribution in [0.5, 0.6) is 0 Å². The number of benzene rings is 2. The van der Waals surface area contributed by atoms with Gasteiger partial charge in [0.05, 0.1) is 23.7 Å². The van der Waals surface area contributed by atoms with Gasteiger partial charge in [0.15, 0.2) is 11.5 Å². The molecule has 2 aromatic carbocycles. The summed E-state index contributed by atoms with van der Waals surface area (Å²) in [5.41, 5.74) is 0.490. The van der Waals surface area contributed by atoms with E-state index in [0.29, 0.717) is 22.5 Å². The molecule has 2 heterocycles. The van der Waals surface area contributed by atoms with Gasteiger partial charge in [-0.2, -0.15) is 0 Å². The number of hydrogen-bond donors (Lipinski definition) is 0. The fourth-order valence-electron chi connectivity index (χ4n) is 3.02. The zero-order chi connectivity index (χ0) is 19.5. The Morgan fingerprint density at radius 2 is 1.75 bits per heavy atom. The Labute approximate surface area is 159 Å². The Kier molecular flexibility index (Phi) is 4.54. The third kappa shape index (κ3) is 3.09. The van der Waals surface area contributed by atoms with E-state index in [1.54, 1.807) is 66.6 Å². The van der Waals surface area contributed by atoms with E-state index in [1.807, 2.05) is 6.07 Å². The molecule has 0 amide bonds. The number of Topliss-reactive ketones (excluding diaryl/α,β-unsaturated/α-hetero) is 1. The minimum Gasteiger partial charge on any atom is -0.469 e. The van der Waals surface area contributed by atoms with Crippen LogP contribution in [0.4, 0.5) is 0 Å². The molecule has 0 fully saturated rings.